The van der Waals surface area contributed by atoms with Gasteiger partial charge in [0.15, 0.2) is 0 Å². The Balaban J connectivity index is 2.29. The van der Waals surface area contributed by atoms with E-state index >= 15 is 0 Å². The van der Waals surface area contributed by atoms with Crippen LogP contribution in [0.5, 0.6) is 0 Å². The normalized spacial score (nSPS) is 21.2. The molecule has 1 aromatic heterocycles. The molecular formula is C13H16BNO2. The van der Waals surface area contributed by atoms with E-state index in [2.05, 4.69) is 10.9 Å². The molecular weight excluding hydrogens is 213 g/mol. The second kappa shape index (κ2) is 3.87. The first-order valence-electron chi connectivity index (χ1n) is 5.65. The highest BCUT2D eigenvalue weighted by molar-refractivity contribution is 6.61. The molecule has 0 N–H and O–H groups in total. The maximum absolute atomic E-state index is 5.90. The second-order valence-electron chi connectivity index (χ2n) is 5.18. The van der Waals surface area contributed by atoms with Crippen LogP contribution < -0.4 is 5.59 Å². The molecule has 1 saturated heterocycles. The maximum Gasteiger partial charge on any atom is 0.514 e. The fraction of sp³-hybridized carbons (Fsp3) is 0.462. The summed E-state index contributed by atoms with van der Waals surface area (Å²) in [5.74, 6) is 2.51. The molecule has 0 aliphatic carbocycles. The molecule has 17 heavy (non-hydrogen) atoms. The van der Waals surface area contributed by atoms with Gasteiger partial charge in [0.2, 0.25) is 0 Å². The molecule has 0 unspecified atom stereocenters. The number of aromatic nitrogens is 1. The van der Waals surface area contributed by atoms with Crippen LogP contribution in [0.25, 0.3) is 0 Å². The van der Waals surface area contributed by atoms with Crippen LogP contribution in [0, 0.1) is 12.3 Å². The van der Waals surface area contributed by atoms with E-state index < -0.39 is 7.12 Å². The van der Waals surface area contributed by atoms with Gasteiger partial charge in [0.1, 0.15) is 5.69 Å². The van der Waals surface area contributed by atoms with Gasteiger partial charge in [-0.1, -0.05) is 12.0 Å². The highest BCUT2D eigenvalue weighted by Crippen LogP contribution is 2.36. The van der Waals surface area contributed by atoms with E-state index in [1.54, 1.807) is 6.07 Å². The Kier molecular flexibility index (Phi) is 2.77. The zero-order valence-corrected chi connectivity index (χ0v) is 10.7. The molecule has 1 fully saturated rings. The monoisotopic (exact) mass is 229 g/mol. The molecule has 0 bridgehead atoms. The van der Waals surface area contributed by atoms with E-state index in [-0.39, 0.29) is 11.2 Å². The quantitative estimate of drug-likeness (QED) is 0.538. The third-order valence-corrected chi connectivity index (χ3v) is 3.41. The van der Waals surface area contributed by atoms with Crippen molar-refractivity contribution in [3.63, 3.8) is 0 Å². The lowest BCUT2D eigenvalue weighted by atomic mass is 9.84. The summed E-state index contributed by atoms with van der Waals surface area (Å²) in [5, 5.41) is 0. The molecule has 1 aromatic rings. The van der Waals surface area contributed by atoms with Gasteiger partial charge in [-0.15, -0.1) is 6.42 Å². The molecule has 4 heteroatoms. The standard InChI is InChI=1S/C13H16BNO2/c1-6-10-8-7-9-11(15-10)14-16-12(2,3)13(4,5)17-14/h1,7-9H,2-5H3. The first-order valence-corrected chi connectivity index (χ1v) is 5.65. The molecule has 88 valence electrons. The van der Waals surface area contributed by atoms with Crippen LogP contribution in [0.3, 0.4) is 0 Å². The van der Waals surface area contributed by atoms with Gasteiger partial charge in [-0.05, 0) is 39.8 Å². The van der Waals surface area contributed by atoms with Crippen LogP contribution in [0.15, 0.2) is 18.2 Å². The van der Waals surface area contributed by atoms with Crippen molar-refractivity contribution in [3.05, 3.63) is 23.9 Å². The SMILES string of the molecule is C#Cc1cccc(B2OC(C)(C)C(C)(C)O2)n1. The first kappa shape index (κ1) is 12.2. The molecule has 0 spiro atoms. The third-order valence-electron chi connectivity index (χ3n) is 3.41. The van der Waals surface area contributed by atoms with Crippen LogP contribution >= 0.6 is 0 Å². The number of hydrogen-bond donors (Lipinski definition) is 0. The second-order valence-corrected chi connectivity index (χ2v) is 5.18. The van der Waals surface area contributed by atoms with Crippen molar-refractivity contribution in [2.45, 2.75) is 38.9 Å². The highest BCUT2D eigenvalue weighted by atomic mass is 16.7. The molecule has 0 saturated carbocycles. The fourth-order valence-electron chi connectivity index (χ4n) is 1.63. The van der Waals surface area contributed by atoms with E-state index in [4.69, 9.17) is 15.7 Å². The van der Waals surface area contributed by atoms with E-state index in [0.717, 1.165) is 5.59 Å². The first-order chi connectivity index (χ1) is 7.86. The Morgan fingerprint density at radius 1 is 1.18 bits per heavy atom. The number of rotatable bonds is 1. The summed E-state index contributed by atoms with van der Waals surface area (Å²) in [6.45, 7) is 8.05. The summed E-state index contributed by atoms with van der Waals surface area (Å²) >= 11 is 0. The van der Waals surface area contributed by atoms with Gasteiger partial charge in [-0.3, -0.25) is 0 Å². The predicted molar refractivity (Wildman–Crippen MR) is 67.9 cm³/mol. The number of pyridine rings is 1. The van der Waals surface area contributed by atoms with Crippen molar-refractivity contribution in [2.75, 3.05) is 0 Å². The molecule has 2 heterocycles. The molecule has 0 amide bonds. The van der Waals surface area contributed by atoms with Gasteiger partial charge in [-0.2, -0.15) is 0 Å². The van der Waals surface area contributed by atoms with E-state index in [1.807, 2.05) is 39.8 Å². The van der Waals surface area contributed by atoms with E-state index in [9.17, 15) is 0 Å². The lowest BCUT2D eigenvalue weighted by Crippen LogP contribution is -2.41. The van der Waals surface area contributed by atoms with Crippen LogP contribution in [-0.2, 0) is 9.31 Å². The van der Waals surface area contributed by atoms with Crippen molar-refractivity contribution in [3.8, 4) is 12.3 Å². The van der Waals surface area contributed by atoms with Crippen molar-refractivity contribution in [2.24, 2.45) is 0 Å². The minimum absolute atomic E-state index is 0.356. The molecule has 0 radical (unpaired) electrons. The van der Waals surface area contributed by atoms with Gasteiger partial charge in [-0.25, -0.2) is 4.98 Å². The van der Waals surface area contributed by atoms with Crippen LogP contribution in [0.4, 0.5) is 0 Å². The lowest BCUT2D eigenvalue weighted by molar-refractivity contribution is 0.00578. The minimum atomic E-state index is -0.451. The summed E-state index contributed by atoms with van der Waals surface area (Å²) in [6, 6.07) is 5.51. The summed E-state index contributed by atoms with van der Waals surface area (Å²) in [5.41, 5.74) is 0.605. The molecule has 0 aromatic carbocycles. The van der Waals surface area contributed by atoms with Crippen molar-refractivity contribution >= 4 is 12.7 Å². The number of hydrogen-bond acceptors (Lipinski definition) is 3. The summed E-state index contributed by atoms with van der Waals surface area (Å²) in [7, 11) is -0.451. The zero-order valence-electron chi connectivity index (χ0n) is 10.7. The highest BCUT2D eigenvalue weighted by Gasteiger charge is 2.52. The van der Waals surface area contributed by atoms with Gasteiger partial charge in [0.05, 0.1) is 16.8 Å². The zero-order chi connectivity index (χ0) is 12.7. The third kappa shape index (κ3) is 2.09. The average Bonchev–Trinajstić information content (AvgIpc) is 2.48. The predicted octanol–water partition coefficient (Wildman–Crippen LogP) is 1.36. The van der Waals surface area contributed by atoms with Crippen LogP contribution in [-0.4, -0.2) is 23.3 Å². The van der Waals surface area contributed by atoms with Crippen molar-refractivity contribution < 1.29 is 9.31 Å². The van der Waals surface area contributed by atoms with Crippen LogP contribution in [0.2, 0.25) is 0 Å². The van der Waals surface area contributed by atoms with Gasteiger partial charge in [0, 0.05) is 0 Å². The number of nitrogens with zero attached hydrogens (tertiary/aromatic N) is 1. The van der Waals surface area contributed by atoms with Gasteiger partial charge >= 0.3 is 7.12 Å². The van der Waals surface area contributed by atoms with E-state index in [0.29, 0.717) is 5.69 Å². The van der Waals surface area contributed by atoms with Crippen molar-refractivity contribution in [1.29, 1.82) is 0 Å². The smallest absolute Gasteiger partial charge is 0.398 e. The molecule has 1 aliphatic rings. The molecule has 3 nitrogen and oxygen atoms in total. The average molecular weight is 229 g/mol. The van der Waals surface area contributed by atoms with E-state index in [1.165, 1.54) is 0 Å². The fourth-order valence-corrected chi connectivity index (χ4v) is 1.63. The summed E-state index contributed by atoms with van der Waals surface area (Å²) in [4.78, 5) is 4.32. The van der Waals surface area contributed by atoms with Gasteiger partial charge < -0.3 is 9.31 Å². The Morgan fingerprint density at radius 2 is 1.76 bits per heavy atom. The van der Waals surface area contributed by atoms with Crippen LogP contribution in [0.1, 0.15) is 33.4 Å². The Bertz CT molecular complexity index is 461. The molecule has 2 rings (SSSR count). The minimum Gasteiger partial charge on any atom is -0.398 e. The largest absolute Gasteiger partial charge is 0.514 e. The Morgan fingerprint density at radius 3 is 2.29 bits per heavy atom. The van der Waals surface area contributed by atoms with Crippen molar-refractivity contribution in [1.82, 2.24) is 4.98 Å². The topological polar surface area (TPSA) is 31.4 Å². The maximum atomic E-state index is 5.90. The van der Waals surface area contributed by atoms with Gasteiger partial charge in [0.25, 0.3) is 0 Å². The number of terminal acetylenes is 1. The molecule has 1 aliphatic heterocycles. The lowest BCUT2D eigenvalue weighted by Gasteiger charge is -2.32. The Hall–Kier alpha value is -1.31. The molecule has 0 atom stereocenters. The Labute approximate surface area is 103 Å². The summed E-state index contributed by atoms with van der Waals surface area (Å²) in [6.07, 6.45) is 5.33. The summed E-state index contributed by atoms with van der Waals surface area (Å²) < 4.78 is 11.8.